The third-order valence-electron chi connectivity index (χ3n) is 3.22. The molecule has 6 nitrogen and oxygen atoms in total. The summed E-state index contributed by atoms with van der Waals surface area (Å²) in [4.78, 5) is 27.0. The van der Waals surface area contributed by atoms with E-state index < -0.39 is 11.8 Å². The van der Waals surface area contributed by atoms with Crippen molar-refractivity contribution in [2.45, 2.75) is 20.4 Å². The lowest BCUT2D eigenvalue weighted by molar-refractivity contribution is -0.118. The standard InChI is InChI=1S/C17H19FN4O2/c1-11(2)16(23)21-13-5-3-12(4-6-13)9-20-17(24)22-15-7-8-19-10-14(15)18/h3-8,10-11H,9H2,1-2H3,(H,21,23)(H2,19,20,22,24). The van der Waals surface area contributed by atoms with Gasteiger partial charge in [-0.15, -0.1) is 0 Å². The van der Waals surface area contributed by atoms with Gasteiger partial charge in [-0.3, -0.25) is 9.78 Å². The van der Waals surface area contributed by atoms with Crippen molar-refractivity contribution in [1.82, 2.24) is 10.3 Å². The quantitative estimate of drug-likeness (QED) is 0.787. The molecule has 0 bridgehead atoms. The van der Waals surface area contributed by atoms with Crippen molar-refractivity contribution in [3.8, 4) is 0 Å². The van der Waals surface area contributed by atoms with Crippen molar-refractivity contribution in [2.24, 2.45) is 5.92 Å². The van der Waals surface area contributed by atoms with Crippen molar-refractivity contribution < 1.29 is 14.0 Å². The van der Waals surface area contributed by atoms with Crippen molar-refractivity contribution in [3.05, 3.63) is 54.1 Å². The first-order valence-electron chi connectivity index (χ1n) is 7.50. The average molecular weight is 330 g/mol. The number of anilines is 2. The minimum absolute atomic E-state index is 0.0559. The summed E-state index contributed by atoms with van der Waals surface area (Å²) >= 11 is 0. The third kappa shape index (κ3) is 5.05. The van der Waals surface area contributed by atoms with Gasteiger partial charge in [-0.2, -0.15) is 0 Å². The third-order valence-corrected chi connectivity index (χ3v) is 3.22. The van der Waals surface area contributed by atoms with E-state index in [2.05, 4.69) is 20.9 Å². The fraction of sp³-hybridized carbons (Fsp3) is 0.235. The molecule has 0 fully saturated rings. The molecule has 0 saturated heterocycles. The van der Waals surface area contributed by atoms with Crippen LogP contribution in [0.1, 0.15) is 19.4 Å². The van der Waals surface area contributed by atoms with Gasteiger partial charge in [0.1, 0.15) is 0 Å². The number of hydrogen-bond donors (Lipinski definition) is 3. The van der Waals surface area contributed by atoms with Crippen LogP contribution in [-0.2, 0) is 11.3 Å². The summed E-state index contributed by atoms with van der Waals surface area (Å²) in [5.74, 6) is -0.749. The normalized spacial score (nSPS) is 10.3. The number of benzene rings is 1. The van der Waals surface area contributed by atoms with E-state index in [0.29, 0.717) is 5.69 Å². The number of urea groups is 1. The van der Waals surface area contributed by atoms with Gasteiger partial charge in [0, 0.05) is 24.3 Å². The molecular formula is C17H19FN4O2. The second kappa shape index (κ2) is 8.05. The number of nitrogens with zero attached hydrogens (tertiary/aromatic N) is 1. The molecule has 0 spiro atoms. The Hall–Kier alpha value is -2.96. The molecule has 24 heavy (non-hydrogen) atoms. The van der Waals surface area contributed by atoms with Gasteiger partial charge in [0.2, 0.25) is 5.91 Å². The summed E-state index contributed by atoms with van der Waals surface area (Å²) in [6.45, 7) is 3.91. The predicted molar refractivity (Wildman–Crippen MR) is 90.0 cm³/mol. The Labute approximate surface area is 139 Å². The van der Waals surface area contributed by atoms with Gasteiger partial charge >= 0.3 is 6.03 Å². The van der Waals surface area contributed by atoms with Crippen molar-refractivity contribution in [1.29, 1.82) is 0 Å². The monoisotopic (exact) mass is 330 g/mol. The van der Waals surface area contributed by atoms with Crippen LogP contribution in [0.4, 0.5) is 20.6 Å². The van der Waals surface area contributed by atoms with Gasteiger partial charge in [0.05, 0.1) is 11.9 Å². The summed E-state index contributed by atoms with van der Waals surface area (Å²) in [5, 5.41) is 7.82. The highest BCUT2D eigenvalue weighted by atomic mass is 19.1. The van der Waals surface area contributed by atoms with Gasteiger partial charge in [0.25, 0.3) is 0 Å². The Bertz CT molecular complexity index is 717. The summed E-state index contributed by atoms with van der Waals surface area (Å²) in [6.07, 6.45) is 2.42. The minimum atomic E-state index is -0.599. The zero-order valence-electron chi connectivity index (χ0n) is 13.5. The molecule has 3 N–H and O–H groups in total. The van der Waals surface area contributed by atoms with E-state index in [0.717, 1.165) is 11.8 Å². The first-order chi connectivity index (χ1) is 11.5. The highest BCUT2D eigenvalue weighted by Gasteiger charge is 2.08. The summed E-state index contributed by atoms with van der Waals surface area (Å²) in [6, 6.07) is 7.97. The molecule has 2 rings (SSSR count). The lowest BCUT2D eigenvalue weighted by Gasteiger charge is -2.10. The molecule has 0 aliphatic heterocycles. The highest BCUT2D eigenvalue weighted by molar-refractivity contribution is 5.92. The molecule has 0 radical (unpaired) electrons. The molecule has 7 heteroatoms. The van der Waals surface area contributed by atoms with Gasteiger partial charge in [-0.1, -0.05) is 26.0 Å². The van der Waals surface area contributed by atoms with Crippen LogP contribution in [-0.4, -0.2) is 16.9 Å². The summed E-state index contributed by atoms with van der Waals surface area (Å²) in [5.41, 5.74) is 1.61. The first-order valence-corrected chi connectivity index (χ1v) is 7.50. The van der Waals surface area contributed by atoms with Crippen molar-refractivity contribution in [2.75, 3.05) is 10.6 Å². The second-order valence-corrected chi connectivity index (χ2v) is 5.50. The van der Waals surface area contributed by atoms with Crippen LogP contribution in [0.25, 0.3) is 0 Å². The Morgan fingerprint density at radius 2 is 1.83 bits per heavy atom. The molecule has 3 amide bonds. The second-order valence-electron chi connectivity index (χ2n) is 5.50. The van der Waals surface area contributed by atoms with E-state index in [-0.39, 0.29) is 24.1 Å². The number of carbonyl (C=O) groups is 2. The summed E-state index contributed by atoms with van der Waals surface area (Å²) in [7, 11) is 0. The van der Waals surface area contributed by atoms with Crippen LogP contribution in [0.3, 0.4) is 0 Å². The maximum atomic E-state index is 13.4. The Balaban J connectivity index is 1.85. The molecule has 0 aliphatic rings. The maximum Gasteiger partial charge on any atom is 0.319 e. The molecule has 1 aromatic heterocycles. The van der Waals surface area contributed by atoms with Crippen LogP contribution < -0.4 is 16.0 Å². The van der Waals surface area contributed by atoms with E-state index in [4.69, 9.17) is 0 Å². The number of amides is 3. The molecule has 1 aromatic carbocycles. The number of nitrogens with one attached hydrogen (secondary N) is 3. The van der Waals surface area contributed by atoms with Gasteiger partial charge in [-0.25, -0.2) is 9.18 Å². The van der Waals surface area contributed by atoms with E-state index in [1.54, 1.807) is 24.3 Å². The first kappa shape index (κ1) is 17.4. The van der Waals surface area contributed by atoms with E-state index in [1.807, 2.05) is 13.8 Å². The molecule has 0 saturated carbocycles. The van der Waals surface area contributed by atoms with Crippen LogP contribution in [0.5, 0.6) is 0 Å². The van der Waals surface area contributed by atoms with Crippen molar-refractivity contribution in [3.63, 3.8) is 0 Å². The smallest absolute Gasteiger partial charge is 0.319 e. The lowest BCUT2D eigenvalue weighted by atomic mass is 10.1. The Morgan fingerprint density at radius 1 is 1.12 bits per heavy atom. The number of halogens is 1. The number of hydrogen-bond acceptors (Lipinski definition) is 3. The van der Waals surface area contributed by atoms with Gasteiger partial charge < -0.3 is 16.0 Å². The van der Waals surface area contributed by atoms with E-state index >= 15 is 0 Å². The van der Waals surface area contributed by atoms with Crippen LogP contribution in [0, 0.1) is 11.7 Å². The van der Waals surface area contributed by atoms with Crippen LogP contribution in [0.2, 0.25) is 0 Å². The molecular weight excluding hydrogens is 311 g/mol. The van der Waals surface area contributed by atoms with Gasteiger partial charge in [-0.05, 0) is 23.8 Å². The summed E-state index contributed by atoms with van der Waals surface area (Å²) < 4.78 is 13.4. The number of pyridine rings is 1. The maximum absolute atomic E-state index is 13.4. The minimum Gasteiger partial charge on any atom is -0.334 e. The van der Waals surface area contributed by atoms with Crippen LogP contribution in [0.15, 0.2) is 42.7 Å². The molecule has 2 aromatic rings. The molecule has 0 unspecified atom stereocenters. The average Bonchev–Trinajstić information content (AvgIpc) is 2.56. The molecule has 0 atom stereocenters. The fourth-order valence-corrected chi connectivity index (χ4v) is 1.82. The van der Waals surface area contributed by atoms with Gasteiger partial charge in [0.15, 0.2) is 5.82 Å². The lowest BCUT2D eigenvalue weighted by Crippen LogP contribution is -2.28. The molecule has 126 valence electrons. The largest absolute Gasteiger partial charge is 0.334 e. The molecule has 0 aliphatic carbocycles. The Morgan fingerprint density at radius 3 is 2.46 bits per heavy atom. The predicted octanol–water partition coefficient (Wildman–Crippen LogP) is 3.14. The highest BCUT2D eigenvalue weighted by Crippen LogP contribution is 2.12. The Kier molecular flexibility index (Phi) is 5.83. The number of carbonyl (C=O) groups excluding carboxylic acids is 2. The van der Waals surface area contributed by atoms with Crippen molar-refractivity contribution >= 4 is 23.3 Å². The van der Waals surface area contributed by atoms with E-state index in [1.165, 1.54) is 12.3 Å². The fourth-order valence-electron chi connectivity index (χ4n) is 1.82. The van der Waals surface area contributed by atoms with E-state index in [9.17, 15) is 14.0 Å². The SMILES string of the molecule is CC(C)C(=O)Nc1ccc(CNC(=O)Nc2ccncc2F)cc1. The molecule has 1 heterocycles. The number of rotatable bonds is 5. The number of aromatic nitrogens is 1. The topological polar surface area (TPSA) is 83.1 Å². The zero-order valence-corrected chi connectivity index (χ0v) is 13.5. The zero-order chi connectivity index (χ0) is 17.5. The van der Waals surface area contributed by atoms with Crippen LogP contribution >= 0.6 is 0 Å².